The van der Waals surface area contributed by atoms with E-state index in [1.807, 2.05) is 0 Å². The Morgan fingerprint density at radius 1 is 0.643 bits per heavy atom. The maximum atomic E-state index is 11.0. The Morgan fingerprint density at radius 2 is 1.00 bits per heavy atom. The number of esters is 1. The lowest BCUT2D eigenvalue weighted by Crippen LogP contribution is -1.99. The van der Waals surface area contributed by atoms with Crippen LogP contribution in [0.25, 0.3) is 0 Å². The van der Waals surface area contributed by atoms with Crippen molar-refractivity contribution in [2.75, 3.05) is 7.11 Å². The lowest BCUT2D eigenvalue weighted by Gasteiger charge is -2.09. The fraction of sp³-hybridized carbons (Fsp3) is 0.960. The second-order valence-corrected chi connectivity index (χ2v) is 9.13. The minimum absolute atomic E-state index is 0.0700. The van der Waals surface area contributed by atoms with Gasteiger partial charge >= 0.3 is 5.97 Å². The summed E-state index contributed by atoms with van der Waals surface area (Å²) in [5.74, 6) is -0.0700. The summed E-state index contributed by atoms with van der Waals surface area (Å²) in [7, 11) is 1.47. The zero-order valence-corrected chi connectivity index (χ0v) is 19.9. The van der Waals surface area contributed by atoms with Gasteiger partial charge < -0.3 is 4.74 Å². The predicted molar refractivity (Wildman–Crippen MR) is 124 cm³/mol. The number of hydrogen-bond donors (Lipinski definition) is 0. The Balaban J connectivity index is 3.14. The number of unbranched alkanes of at least 4 members (excludes halogenated alkanes) is 16. The predicted octanol–water partition coefficient (Wildman–Crippen LogP) is 8.98. The number of rotatable bonds is 22. The van der Waals surface area contributed by atoms with Crippen LogP contribution in [0.4, 0.5) is 0 Å². The molecule has 168 valence electrons. The lowest BCUT2D eigenvalue weighted by atomic mass is 10.0. The van der Waals surface area contributed by atoms with E-state index in [0.29, 0.717) is 11.8 Å². The molecule has 1 unspecified atom stereocenters. The highest BCUT2D eigenvalue weighted by atomic mass is 35.5. The maximum absolute atomic E-state index is 11.0. The van der Waals surface area contributed by atoms with E-state index in [1.54, 1.807) is 0 Å². The third-order valence-electron chi connectivity index (χ3n) is 5.75. The van der Waals surface area contributed by atoms with Gasteiger partial charge in [-0.2, -0.15) is 0 Å². The van der Waals surface area contributed by atoms with Crippen LogP contribution in [0.5, 0.6) is 0 Å². The van der Waals surface area contributed by atoms with Gasteiger partial charge in [-0.3, -0.25) is 4.79 Å². The number of carbonyl (C=O) groups is 1. The molecule has 0 N–H and O–H groups in total. The van der Waals surface area contributed by atoms with Crippen molar-refractivity contribution in [3.8, 4) is 0 Å². The molecule has 0 bridgehead atoms. The first kappa shape index (κ1) is 27.8. The van der Waals surface area contributed by atoms with Crippen LogP contribution in [0.2, 0.25) is 0 Å². The molecule has 0 aliphatic carbocycles. The highest BCUT2D eigenvalue weighted by Gasteiger charge is 2.04. The number of carbonyl (C=O) groups excluding carboxylic acids is 1. The SMILES string of the molecule is CCCCCCCCC(Cl)CCCCCCCCCCCCCCC(=O)OC. The van der Waals surface area contributed by atoms with Crippen molar-refractivity contribution in [1.82, 2.24) is 0 Å². The third-order valence-corrected chi connectivity index (χ3v) is 6.18. The lowest BCUT2D eigenvalue weighted by molar-refractivity contribution is -0.140. The van der Waals surface area contributed by atoms with E-state index < -0.39 is 0 Å². The molecular weight excluding hydrogens is 368 g/mol. The Morgan fingerprint density at radius 3 is 1.39 bits per heavy atom. The zero-order valence-electron chi connectivity index (χ0n) is 19.1. The molecule has 2 nitrogen and oxygen atoms in total. The van der Waals surface area contributed by atoms with Gasteiger partial charge in [0.05, 0.1) is 7.11 Å². The minimum atomic E-state index is -0.0700. The smallest absolute Gasteiger partial charge is 0.305 e. The van der Waals surface area contributed by atoms with E-state index in [1.165, 1.54) is 123 Å². The van der Waals surface area contributed by atoms with Gasteiger partial charge in [-0.25, -0.2) is 0 Å². The summed E-state index contributed by atoms with van der Waals surface area (Å²) in [6.07, 6.45) is 26.9. The van der Waals surface area contributed by atoms with Crippen LogP contribution in [-0.2, 0) is 9.53 Å². The molecule has 1 atom stereocenters. The minimum Gasteiger partial charge on any atom is -0.469 e. The molecule has 0 aliphatic heterocycles. The summed E-state index contributed by atoms with van der Waals surface area (Å²) in [6, 6.07) is 0. The second kappa shape index (κ2) is 23.0. The van der Waals surface area contributed by atoms with Gasteiger partial charge in [0.15, 0.2) is 0 Å². The molecule has 28 heavy (non-hydrogen) atoms. The van der Waals surface area contributed by atoms with E-state index in [-0.39, 0.29) is 5.97 Å². The van der Waals surface area contributed by atoms with Crippen LogP contribution < -0.4 is 0 Å². The summed E-state index contributed by atoms with van der Waals surface area (Å²) in [5, 5.41) is 0.416. The molecule has 0 aromatic heterocycles. The third kappa shape index (κ3) is 22.1. The molecule has 0 spiro atoms. The second-order valence-electron chi connectivity index (χ2n) is 8.51. The molecule has 0 aliphatic rings. The van der Waals surface area contributed by atoms with Crippen LogP contribution in [0.15, 0.2) is 0 Å². The summed E-state index contributed by atoms with van der Waals surface area (Å²) in [6.45, 7) is 2.27. The molecule has 0 saturated carbocycles. The van der Waals surface area contributed by atoms with Gasteiger partial charge in [0.1, 0.15) is 0 Å². The Labute approximate surface area is 181 Å². The van der Waals surface area contributed by atoms with E-state index in [9.17, 15) is 4.79 Å². The zero-order chi connectivity index (χ0) is 20.7. The molecule has 0 radical (unpaired) electrons. The topological polar surface area (TPSA) is 26.3 Å². The van der Waals surface area contributed by atoms with Gasteiger partial charge in [-0.15, -0.1) is 11.6 Å². The van der Waals surface area contributed by atoms with E-state index in [4.69, 9.17) is 11.6 Å². The fourth-order valence-corrected chi connectivity index (χ4v) is 4.10. The molecule has 0 aromatic rings. The summed E-state index contributed by atoms with van der Waals surface area (Å²) in [4.78, 5) is 11.0. The van der Waals surface area contributed by atoms with Crippen LogP contribution in [0, 0.1) is 0 Å². The Bertz CT molecular complexity index is 320. The maximum Gasteiger partial charge on any atom is 0.305 e. The van der Waals surface area contributed by atoms with Crippen molar-refractivity contribution in [3.05, 3.63) is 0 Å². The highest BCUT2D eigenvalue weighted by molar-refractivity contribution is 6.20. The number of hydrogen-bond acceptors (Lipinski definition) is 2. The van der Waals surface area contributed by atoms with Crippen molar-refractivity contribution in [2.24, 2.45) is 0 Å². The Kier molecular flexibility index (Phi) is 22.8. The molecular formula is C25H49ClO2. The van der Waals surface area contributed by atoms with Crippen molar-refractivity contribution < 1.29 is 9.53 Å². The molecule has 0 saturated heterocycles. The van der Waals surface area contributed by atoms with Gasteiger partial charge in [0, 0.05) is 11.8 Å². The first-order chi connectivity index (χ1) is 13.7. The van der Waals surface area contributed by atoms with Crippen molar-refractivity contribution in [3.63, 3.8) is 0 Å². The number of alkyl halides is 1. The van der Waals surface area contributed by atoms with Crippen molar-refractivity contribution >= 4 is 17.6 Å². The van der Waals surface area contributed by atoms with Gasteiger partial charge in [-0.1, -0.05) is 116 Å². The molecule has 0 aromatic carbocycles. The fourth-order valence-electron chi connectivity index (χ4n) is 3.80. The van der Waals surface area contributed by atoms with E-state index in [2.05, 4.69) is 11.7 Å². The number of methoxy groups -OCH3 is 1. The van der Waals surface area contributed by atoms with Crippen LogP contribution in [0.3, 0.4) is 0 Å². The number of ether oxygens (including phenoxy) is 1. The molecule has 0 fully saturated rings. The van der Waals surface area contributed by atoms with Crippen LogP contribution >= 0.6 is 11.6 Å². The van der Waals surface area contributed by atoms with Crippen LogP contribution in [0.1, 0.15) is 142 Å². The molecule has 0 amide bonds. The van der Waals surface area contributed by atoms with E-state index in [0.717, 1.165) is 12.8 Å². The number of halogens is 1. The Hall–Kier alpha value is -0.240. The van der Waals surface area contributed by atoms with Gasteiger partial charge in [0.25, 0.3) is 0 Å². The summed E-state index contributed by atoms with van der Waals surface area (Å²) >= 11 is 6.46. The normalized spacial score (nSPS) is 12.2. The molecule has 3 heteroatoms. The molecule has 0 heterocycles. The highest BCUT2D eigenvalue weighted by Crippen LogP contribution is 2.18. The van der Waals surface area contributed by atoms with E-state index >= 15 is 0 Å². The summed E-state index contributed by atoms with van der Waals surface area (Å²) < 4.78 is 4.65. The average Bonchev–Trinajstić information content (AvgIpc) is 2.70. The van der Waals surface area contributed by atoms with Crippen molar-refractivity contribution in [2.45, 2.75) is 147 Å². The first-order valence-corrected chi connectivity index (χ1v) is 12.8. The first-order valence-electron chi connectivity index (χ1n) is 12.4. The van der Waals surface area contributed by atoms with Gasteiger partial charge in [-0.05, 0) is 19.3 Å². The van der Waals surface area contributed by atoms with Gasteiger partial charge in [0.2, 0.25) is 0 Å². The molecule has 0 rings (SSSR count). The quantitative estimate of drug-likeness (QED) is 0.0998. The van der Waals surface area contributed by atoms with Crippen molar-refractivity contribution in [1.29, 1.82) is 0 Å². The monoisotopic (exact) mass is 416 g/mol. The van der Waals surface area contributed by atoms with Crippen LogP contribution in [-0.4, -0.2) is 18.5 Å². The largest absolute Gasteiger partial charge is 0.469 e. The standard InChI is InChI=1S/C25H49ClO2/c1-3-4-5-6-15-18-21-24(26)22-19-16-13-11-9-7-8-10-12-14-17-20-23-25(27)28-2/h24H,3-23H2,1-2H3. The average molecular weight is 417 g/mol. The summed E-state index contributed by atoms with van der Waals surface area (Å²) in [5.41, 5.74) is 0.